The highest BCUT2D eigenvalue weighted by Crippen LogP contribution is 2.14. The second kappa shape index (κ2) is 3.45. The van der Waals surface area contributed by atoms with Crippen molar-refractivity contribution >= 4 is 11.4 Å². The molecule has 0 saturated carbocycles. The SMILES string of the molecule is Cn1cc(Nc2ccnc(F)c2)cn1. The van der Waals surface area contributed by atoms with Gasteiger partial charge in [-0.15, -0.1) is 0 Å². The maximum atomic E-state index is 12.7. The van der Waals surface area contributed by atoms with Crippen molar-refractivity contribution in [2.24, 2.45) is 7.05 Å². The maximum Gasteiger partial charge on any atom is 0.214 e. The largest absolute Gasteiger partial charge is 0.353 e. The molecule has 14 heavy (non-hydrogen) atoms. The molecular weight excluding hydrogens is 183 g/mol. The van der Waals surface area contributed by atoms with Crippen molar-refractivity contribution in [3.05, 3.63) is 36.7 Å². The molecule has 0 unspecified atom stereocenters. The molecule has 0 fully saturated rings. The van der Waals surface area contributed by atoms with Crippen LogP contribution in [0, 0.1) is 5.95 Å². The lowest BCUT2D eigenvalue weighted by atomic mass is 10.4. The van der Waals surface area contributed by atoms with Crippen molar-refractivity contribution in [3.8, 4) is 0 Å². The van der Waals surface area contributed by atoms with E-state index < -0.39 is 5.95 Å². The summed E-state index contributed by atoms with van der Waals surface area (Å²) in [6, 6.07) is 3.02. The molecule has 0 atom stereocenters. The fourth-order valence-corrected chi connectivity index (χ4v) is 1.13. The average molecular weight is 192 g/mol. The topological polar surface area (TPSA) is 42.7 Å². The summed E-state index contributed by atoms with van der Waals surface area (Å²) in [5.74, 6) is -0.501. The zero-order chi connectivity index (χ0) is 9.97. The molecule has 1 N–H and O–H groups in total. The number of hydrogen-bond acceptors (Lipinski definition) is 3. The van der Waals surface area contributed by atoms with Crippen LogP contribution in [0.3, 0.4) is 0 Å². The minimum Gasteiger partial charge on any atom is -0.353 e. The van der Waals surface area contributed by atoms with Gasteiger partial charge in [-0.3, -0.25) is 4.68 Å². The van der Waals surface area contributed by atoms with Crippen molar-refractivity contribution in [2.75, 3.05) is 5.32 Å². The molecule has 0 saturated heterocycles. The number of hydrogen-bond donors (Lipinski definition) is 1. The second-order valence-electron chi connectivity index (χ2n) is 2.89. The second-order valence-corrected chi connectivity index (χ2v) is 2.89. The van der Waals surface area contributed by atoms with Crippen LogP contribution in [0.4, 0.5) is 15.8 Å². The number of nitrogens with zero attached hydrogens (tertiary/aromatic N) is 3. The Kier molecular flexibility index (Phi) is 2.14. The van der Waals surface area contributed by atoms with E-state index in [1.54, 1.807) is 23.1 Å². The van der Waals surface area contributed by atoms with Crippen LogP contribution < -0.4 is 5.32 Å². The summed E-state index contributed by atoms with van der Waals surface area (Å²) in [5, 5.41) is 6.98. The third kappa shape index (κ3) is 1.87. The molecular formula is C9H9FN4. The number of anilines is 2. The van der Waals surface area contributed by atoms with E-state index in [0.717, 1.165) is 5.69 Å². The Morgan fingerprint density at radius 3 is 2.93 bits per heavy atom. The smallest absolute Gasteiger partial charge is 0.214 e. The van der Waals surface area contributed by atoms with E-state index in [0.29, 0.717) is 5.69 Å². The Labute approximate surface area is 80.4 Å². The normalized spacial score (nSPS) is 10.1. The summed E-state index contributed by atoms with van der Waals surface area (Å²) >= 11 is 0. The molecule has 0 amide bonds. The van der Waals surface area contributed by atoms with Crippen molar-refractivity contribution < 1.29 is 4.39 Å². The molecule has 0 spiro atoms. The quantitative estimate of drug-likeness (QED) is 0.736. The summed E-state index contributed by atoms with van der Waals surface area (Å²) < 4.78 is 14.4. The number of pyridine rings is 1. The van der Waals surface area contributed by atoms with Crippen molar-refractivity contribution in [1.29, 1.82) is 0 Å². The molecule has 0 aliphatic heterocycles. The molecule has 2 aromatic rings. The highest BCUT2D eigenvalue weighted by atomic mass is 19.1. The number of aryl methyl sites for hydroxylation is 1. The third-order valence-electron chi connectivity index (χ3n) is 1.72. The minimum absolute atomic E-state index is 0.501. The molecule has 72 valence electrons. The van der Waals surface area contributed by atoms with Gasteiger partial charge in [0.1, 0.15) is 0 Å². The van der Waals surface area contributed by atoms with Gasteiger partial charge in [0, 0.05) is 31.2 Å². The van der Waals surface area contributed by atoms with E-state index in [9.17, 15) is 4.39 Å². The van der Waals surface area contributed by atoms with Crippen molar-refractivity contribution in [2.45, 2.75) is 0 Å². The van der Waals surface area contributed by atoms with Crippen LogP contribution >= 0.6 is 0 Å². The lowest BCUT2D eigenvalue weighted by Gasteiger charge is -2.01. The first-order chi connectivity index (χ1) is 6.74. The minimum atomic E-state index is -0.501. The van der Waals surface area contributed by atoms with E-state index >= 15 is 0 Å². The van der Waals surface area contributed by atoms with E-state index in [-0.39, 0.29) is 0 Å². The van der Waals surface area contributed by atoms with Crippen LogP contribution in [0.15, 0.2) is 30.7 Å². The first-order valence-electron chi connectivity index (χ1n) is 4.11. The third-order valence-corrected chi connectivity index (χ3v) is 1.72. The highest BCUT2D eigenvalue weighted by Gasteiger charge is 1.98. The predicted molar refractivity (Wildman–Crippen MR) is 50.7 cm³/mol. The summed E-state index contributed by atoms with van der Waals surface area (Å²) in [6.45, 7) is 0. The van der Waals surface area contributed by atoms with Crippen LogP contribution in [0.1, 0.15) is 0 Å². The standard InChI is InChI=1S/C9H9FN4/c1-14-6-8(5-12-14)13-7-2-3-11-9(10)4-7/h2-6H,1H3,(H,11,13). The predicted octanol–water partition coefficient (Wildman–Crippen LogP) is 1.70. The average Bonchev–Trinajstić information content (AvgIpc) is 2.51. The van der Waals surface area contributed by atoms with Gasteiger partial charge in [-0.1, -0.05) is 0 Å². The monoisotopic (exact) mass is 192 g/mol. The van der Waals surface area contributed by atoms with E-state index in [1.165, 1.54) is 12.3 Å². The molecule has 0 bridgehead atoms. The maximum absolute atomic E-state index is 12.7. The Bertz CT molecular complexity index is 438. The van der Waals surface area contributed by atoms with Crippen molar-refractivity contribution in [3.63, 3.8) is 0 Å². The van der Waals surface area contributed by atoms with Gasteiger partial charge in [0.15, 0.2) is 0 Å². The fourth-order valence-electron chi connectivity index (χ4n) is 1.13. The van der Waals surface area contributed by atoms with Gasteiger partial charge in [-0.2, -0.15) is 9.49 Å². The van der Waals surface area contributed by atoms with Gasteiger partial charge in [0.05, 0.1) is 11.9 Å². The summed E-state index contributed by atoms with van der Waals surface area (Å²) in [5.41, 5.74) is 1.48. The van der Waals surface area contributed by atoms with Gasteiger partial charge in [-0.25, -0.2) is 4.98 Å². The Morgan fingerprint density at radius 2 is 2.29 bits per heavy atom. The van der Waals surface area contributed by atoms with Crippen LogP contribution in [0.5, 0.6) is 0 Å². The Hall–Kier alpha value is -1.91. The summed E-state index contributed by atoms with van der Waals surface area (Å²) in [6.07, 6.45) is 4.88. The number of rotatable bonds is 2. The van der Waals surface area contributed by atoms with Gasteiger partial charge >= 0.3 is 0 Å². The lowest BCUT2D eigenvalue weighted by molar-refractivity contribution is 0.584. The van der Waals surface area contributed by atoms with E-state index in [2.05, 4.69) is 15.4 Å². The molecule has 0 radical (unpaired) electrons. The number of halogens is 1. The molecule has 2 rings (SSSR count). The molecule has 2 aromatic heterocycles. The van der Waals surface area contributed by atoms with Crippen LogP contribution in [0.2, 0.25) is 0 Å². The van der Waals surface area contributed by atoms with Crippen LogP contribution in [0.25, 0.3) is 0 Å². The summed E-state index contributed by atoms with van der Waals surface area (Å²) in [7, 11) is 1.82. The Balaban J connectivity index is 2.18. The van der Waals surface area contributed by atoms with E-state index in [4.69, 9.17) is 0 Å². The number of nitrogens with one attached hydrogen (secondary N) is 1. The zero-order valence-corrected chi connectivity index (χ0v) is 7.61. The molecule has 5 heteroatoms. The fraction of sp³-hybridized carbons (Fsp3) is 0.111. The molecule has 0 aliphatic carbocycles. The van der Waals surface area contributed by atoms with Crippen molar-refractivity contribution in [1.82, 2.24) is 14.8 Å². The van der Waals surface area contributed by atoms with Gasteiger partial charge < -0.3 is 5.32 Å². The first kappa shape index (κ1) is 8.68. The highest BCUT2D eigenvalue weighted by molar-refractivity contribution is 5.56. The molecule has 0 aliphatic rings. The van der Waals surface area contributed by atoms with Crippen LogP contribution in [-0.2, 0) is 7.05 Å². The van der Waals surface area contributed by atoms with Gasteiger partial charge in [0.25, 0.3) is 0 Å². The van der Waals surface area contributed by atoms with Gasteiger partial charge in [-0.05, 0) is 6.07 Å². The molecule has 2 heterocycles. The molecule has 0 aromatic carbocycles. The zero-order valence-electron chi connectivity index (χ0n) is 7.61. The number of aromatic nitrogens is 3. The van der Waals surface area contributed by atoms with Gasteiger partial charge in [0.2, 0.25) is 5.95 Å². The first-order valence-corrected chi connectivity index (χ1v) is 4.11. The molecule has 4 nitrogen and oxygen atoms in total. The van der Waals surface area contributed by atoms with E-state index in [1.807, 2.05) is 7.05 Å². The Morgan fingerprint density at radius 1 is 1.43 bits per heavy atom. The van der Waals surface area contributed by atoms with Crippen LogP contribution in [-0.4, -0.2) is 14.8 Å². The lowest BCUT2D eigenvalue weighted by Crippen LogP contribution is -1.90. The summed E-state index contributed by atoms with van der Waals surface area (Å²) in [4.78, 5) is 3.46.